The Morgan fingerprint density at radius 3 is 1.52 bits per heavy atom. The van der Waals surface area contributed by atoms with Crippen molar-refractivity contribution in [2.45, 2.75) is 137 Å². The zero-order valence-corrected chi connectivity index (χ0v) is 19.0. The number of hydrogen-bond acceptors (Lipinski definition) is 2. The van der Waals surface area contributed by atoms with Crippen molar-refractivity contribution >= 4 is 5.97 Å². The van der Waals surface area contributed by atoms with E-state index in [9.17, 15) is 4.79 Å². The molecule has 0 aromatic carbocycles. The van der Waals surface area contributed by atoms with Crippen LogP contribution in [0.5, 0.6) is 0 Å². The van der Waals surface area contributed by atoms with Crippen molar-refractivity contribution < 1.29 is 9.53 Å². The van der Waals surface area contributed by atoms with Crippen molar-refractivity contribution in [2.24, 2.45) is 0 Å². The van der Waals surface area contributed by atoms with E-state index in [0.29, 0.717) is 6.61 Å². The minimum atomic E-state index is -0.0955. The number of ether oxygens (including phenoxy) is 1. The first kappa shape index (κ1) is 26.2. The van der Waals surface area contributed by atoms with E-state index in [0.717, 1.165) is 31.3 Å². The average Bonchev–Trinajstić information content (AvgIpc) is 2.68. The summed E-state index contributed by atoms with van der Waals surface area (Å²) in [5, 5.41) is 0. The fourth-order valence-corrected chi connectivity index (χ4v) is 3.56. The maximum atomic E-state index is 12.1. The molecule has 160 valence electrons. The van der Waals surface area contributed by atoms with Gasteiger partial charge in [0.15, 0.2) is 0 Å². The molecule has 0 unspecified atom stereocenters. The maximum absolute atomic E-state index is 12.1. The van der Waals surface area contributed by atoms with Crippen molar-refractivity contribution in [1.82, 2.24) is 0 Å². The molecule has 0 heterocycles. The molecule has 0 aliphatic rings. The summed E-state index contributed by atoms with van der Waals surface area (Å²) < 4.78 is 5.47. The molecule has 0 saturated heterocycles. The largest absolute Gasteiger partial charge is 0.462 e. The quantitative estimate of drug-likeness (QED) is 0.127. The first-order chi connectivity index (χ1) is 13.2. The second-order valence-corrected chi connectivity index (χ2v) is 8.06. The van der Waals surface area contributed by atoms with Crippen LogP contribution in [0.1, 0.15) is 137 Å². The standard InChI is InChI=1S/C25H48O2/c1-5-8-10-11-12-13-14-15-16-17-18-19-20-22-27-25(26)23(4)24(7-3)21-9-6-2/h5-22H2,1-4H3. The molecule has 0 aromatic heterocycles. The Balaban J connectivity index is 3.53. The molecular formula is C25H48O2. The molecule has 0 spiro atoms. The average molecular weight is 381 g/mol. The predicted molar refractivity (Wildman–Crippen MR) is 119 cm³/mol. The number of hydrogen-bond donors (Lipinski definition) is 0. The van der Waals surface area contributed by atoms with E-state index in [1.807, 2.05) is 6.92 Å². The number of esters is 1. The van der Waals surface area contributed by atoms with Gasteiger partial charge >= 0.3 is 5.97 Å². The topological polar surface area (TPSA) is 26.3 Å². The molecule has 0 radical (unpaired) electrons. The third-order valence-electron chi connectivity index (χ3n) is 5.58. The van der Waals surface area contributed by atoms with Gasteiger partial charge in [0.1, 0.15) is 0 Å². The normalized spacial score (nSPS) is 12.1. The van der Waals surface area contributed by atoms with Crippen LogP contribution in [0.3, 0.4) is 0 Å². The van der Waals surface area contributed by atoms with Gasteiger partial charge in [0, 0.05) is 5.57 Å². The molecule has 0 rings (SSSR count). The van der Waals surface area contributed by atoms with Gasteiger partial charge in [-0.3, -0.25) is 0 Å². The molecular weight excluding hydrogens is 332 g/mol. The van der Waals surface area contributed by atoms with Crippen LogP contribution < -0.4 is 0 Å². The van der Waals surface area contributed by atoms with Gasteiger partial charge < -0.3 is 4.74 Å². The lowest BCUT2D eigenvalue weighted by Gasteiger charge is -2.10. The fourth-order valence-electron chi connectivity index (χ4n) is 3.56. The van der Waals surface area contributed by atoms with Gasteiger partial charge in [0.05, 0.1) is 6.61 Å². The first-order valence-corrected chi connectivity index (χ1v) is 12.0. The molecule has 0 N–H and O–H groups in total. The SMILES string of the molecule is CCCCCCCCCCCCCCCOC(=O)C(C)=C(CC)CCCC. The third kappa shape index (κ3) is 15.9. The van der Waals surface area contributed by atoms with Gasteiger partial charge in [-0.25, -0.2) is 4.79 Å². The van der Waals surface area contributed by atoms with Gasteiger partial charge in [-0.2, -0.15) is 0 Å². The van der Waals surface area contributed by atoms with Crippen LogP contribution in [0.4, 0.5) is 0 Å². The van der Waals surface area contributed by atoms with Crippen molar-refractivity contribution in [2.75, 3.05) is 6.61 Å². The summed E-state index contributed by atoms with van der Waals surface area (Å²) in [6.07, 6.45) is 21.7. The molecule has 2 heteroatoms. The van der Waals surface area contributed by atoms with Crippen LogP contribution in [0.15, 0.2) is 11.1 Å². The second kappa shape index (κ2) is 20.0. The number of allylic oxidation sites excluding steroid dienone is 1. The van der Waals surface area contributed by atoms with Crippen molar-refractivity contribution in [3.05, 3.63) is 11.1 Å². The smallest absolute Gasteiger partial charge is 0.333 e. The summed E-state index contributed by atoms with van der Waals surface area (Å²) in [5.74, 6) is -0.0955. The van der Waals surface area contributed by atoms with Gasteiger partial charge in [-0.1, -0.05) is 110 Å². The summed E-state index contributed by atoms with van der Waals surface area (Å²) in [4.78, 5) is 12.1. The molecule has 0 saturated carbocycles. The van der Waals surface area contributed by atoms with Crippen LogP contribution in [-0.4, -0.2) is 12.6 Å². The Morgan fingerprint density at radius 2 is 1.07 bits per heavy atom. The van der Waals surface area contributed by atoms with Crippen LogP contribution in [0.2, 0.25) is 0 Å². The summed E-state index contributed by atoms with van der Waals surface area (Å²) in [5.41, 5.74) is 2.12. The van der Waals surface area contributed by atoms with E-state index in [2.05, 4.69) is 20.8 Å². The van der Waals surface area contributed by atoms with E-state index in [4.69, 9.17) is 4.74 Å². The summed E-state index contributed by atoms with van der Waals surface area (Å²) in [6.45, 7) is 9.11. The second-order valence-electron chi connectivity index (χ2n) is 8.06. The van der Waals surface area contributed by atoms with Crippen LogP contribution in [-0.2, 0) is 9.53 Å². The Hall–Kier alpha value is -0.790. The Morgan fingerprint density at radius 1 is 0.630 bits per heavy atom. The Kier molecular flexibility index (Phi) is 19.4. The van der Waals surface area contributed by atoms with Crippen molar-refractivity contribution in [1.29, 1.82) is 0 Å². The van der Waals surface area contributed by atoms with Crippen LogP contribution >= 0.6 is 0 Å². The van der Waals surface area contributed by atoms with Crippen LogP contribution in [0, 0.1) is 0 Å². The van der Waals surface area contributed by atoms with Gasteiger partial charge in [0.25, 0.3) is 0 Å². The molecule has 0 amide bonds. The highest BCUT2D eigenvalue weighted by Gasteiger charge is 2.10. The summed E-state index contributed by atoms with van der Waals surface area (Å²) >= 11 is 0. The molecule has 2 nitrogen and oxygen atoms in total. The summed E-state index contributed by atoms with van der Waals surface area (Å²) in [7, 11) is 0. The first-order valence-electron chi connectivity index (χ1n) is 12.0. The fraction of sp³-hybridized carbons (Fsp3) is 0.880. The van der Waals surface area contributed by atoms with E-state index < -0.39 is 0 Å². The van der Waals surface area contributed by atoms with Gasteiger partial charge in [-0.05, 0) is 32.6 Å². The highest BCUT2D eigenvalue weighted by molar-refractivity contribution is 5.88. The highest BCUT2D eigenvalue weighted by atomic mass is 16.5. The zero-order valence-electron chi connectivity index (χ0n) is 19.0. The number of carbonyl (C=O) groups is 1. The number of rotatable bonds is 19. The monoisotopic (exact) mass is 380 g/mol. The predicted octanol–water partition coefficient (Wildman–Crippen LogP) is 8.54. The minimum absolute atomic E-state index is 0.0955. The Bertz CT molecular complexity index is 371. The van der Waals surface area contributed by atoms with E-state index in [1.54, 1.807) is 0 Å². The number of unbranched alkanes of at least 4 members (excludes halogenated alkanes) is 13. The van der Waals surface area contributed by atoms with Gasteiger partial charge in [-0.15, -0.1) is 0 Å². The lowest BCUT2D eigenvalue weighted by atomic mass is 10.0. The number of carbonyl (C=O) groups excluding carboxylic acids is 1. The molecule has 0 bridgehead atoms. The van der Waals surface area contributed by atoms with E-state index >= 15 is 0 Å². The van der Waals surface area contributed by atoms with Crippen molar-refractivity contribution in [3.8, 4) is 0 Å². The van der Waals surface area contributed by atoms with Crippen molar-refractivity contribution in [3.63, 3.8) is 0 Å². The van der Waals surface area contributed by atoms with Crippen LogP contribution in [0.25, 0.3) is 0 Å². The third-order valence-corrected chi connectivity index (χ3v) is 5.58. The minimum Gasteiger partial charge on any atom is -0.462 e. The lowest BCUT2D eigenvalue weighted by Crippen LogP contribution is -2.09. The van der Waals surface area contributed by atoms with Gasteiger partial charge in [0.2, 0.25) is 0 Å². The maximum Gasteiger partial charge on any atom is 0.333 e. The highest BCUT2D eigenvalue weighted by Crippen LogP contribution is 2.17. The molecule has 0 aromatic rings. The molecule has 0 aliphatic carbocycles. The lowest BCUT2D eigenvalue weighted by molar-refractivity contribution is -0.139. The molecule has 0 atom stereocenters. The molecule has 0 aliphatic heterocycles. The van der Waals surface area contributed by atoms with E-state index in [1.165, 1.54) is 89.0 Å². The Labute approximate surface area is 170 Å². The zero-order chi connectivity index (χ0) is 20.2. The summed E-state index contributed by atoms with van der Waals surface area (Å²) in [6, 6.07) is 0. The molecule has 27 heavy (non-hydrogen) atoms. The van der Waals surface area contributed by atoms with E-state index in [-0.39, 0.29) is 5.97 Å². The molecule has 0 fully saturated rings.